The second-order valence-corrected chi connectivity index (χ2v) is 5.63. The van der Waals surface area contributed by atoms with Gasteiger partial charge in [-0.15, -0.1) is 0 Å². The molecule has 1 aliphatic rings. The first-order valence-electron chi connectivity index (χ1n) is 7.76. The van der Waals surface area contributed by atoms with Gasteiger partial charge in [0.05, 0.1) is 12.9 Å². The van der Waals surface area contributed by atoms with Crippen LogP contribution in [0.1, 0.15) is 25.4 Å². The topological polar surface area (TPSA) is 149 Å². The van der Waals surface area contributed by atoms with E-state index in [9.17, 15) is 15.3 Å². The molecule has 24 heavy (non-hydrogen) atoms. The molecule has 10 heteroatoms. The molecule has 3 heterocycles. The number of aromatic nitrogens is 4. The van der Waals surface area contributed by atoms with Crippen molar-refractivity contribution in [3.63, 3.8) is 0 Å². The van der Waals surface area contributed by atoms with Crippen LogP contribution in [0.15, 0.2) is 6.33 Å². The molecule has 5 N–H and O–H groups in total. The summed E-state index contributed by atoms with van der Waals surface area (Å²) >= 11 is 0. The first kappa shape index (κ1) is 17.0. The molecule has 0 saturated carbocycles. The van der Waals surface area contributed by atoms with E-state index in [0.29, 0.717) is 23.6 Å². The quantitative estimate of drug-likeness (QED) is 0.483. The lowest BCUT2D eigenvalue weighted by atomic mass is 10.1. The largest absolute Gasteiger partial charge is 0.394 e. The van der Waals surface area contributed by atoms with E-state index in [0.717, 1.165) is 6.42 Å². The standard InChI is InChI=1S/C14H21N5O5/c1-2-3-23-5-8-17-12(15)9-13(18-8)19(6-16-9)14-11(22)10(21)7(4-20)24-14/h6-7,10-11,14,20-22H,2-5H2,1H3,(H2,15,17,18)/t7-,10-,11-,14-/m1/s1. The maximum absolute atomic E-state index is 10.2. The SMILES string of the molecule is CCCOCc1nc(N)c2ncn([C@@H]3O[C@H](CO)[C@@H](O)[C@H]3O)c2n1. The molecule has 0 spiro atoms. The molecule has 0 amide bonds. The summed E-state index contributed by atoms with van der Waals surface area (Å²) in [6, 6.07) is 0. The Bertz CT molecular complexity index is 708. The molecule has 0 unspecified atom stereocenters. The lowest BCUT2D eigenvalue weighted by Gasteiger charge is -2.16. The van der Waals surface area contributed by atoms with Crippen LogP contribution in [0.3, 0.4) is 0 Å². The van der Waals surface area contributed by atoms with Crippen LogP contribution in [-0.4, -0.2) is 66.4 Å². The van der Waals surface area contributed by atoms with Crippen molar-refractivity contribution in [2.45, 2.75) is 44.5 Å². The van der Waals surface area contributed by atoms with Crippen molar-refractivity contribution >= 4 is 17.0 Å². The Balaban J connectivity index is 1.94. The van der Waals surface area contributed by atoms with Crippen LogP contribution >= 0.6 is 0 Å². The van der Waals surface area contributed by atoms with Gasteiger partial charge in [-0.25, -0.2) is 15.0 Å². The predicted octanol–water partition coefficient (Wildman–Crippen LogP) is -1.05. The molecule has 132 valence electrons. The molecule has 0 aliphatic carbocycles. The van der Waals surface area contributed by atoms with E-state index < -0.39 is 31.1 Å². The van der Waals surface area contributed by atoms with Crippen molar-refractivity contribution in [3.05, 3.63) is 12.2 Å². The van der Waals surface area contributed by atoms with Crippen LogP contribution in [0.2, 0.25) is 0 Å². The molecule has 10 nitrogen and oxygen atoms in total. The third kappa shape index (κ3) is 2.94. The molecule has 2 aromatic heterocycles. The molecule has 0 bridgehead atoms. The number of hydrogen-bond acceptors (Lipinski definition) is 9. The summed E-state index contributed by atoms with van der Waals surface area (Å²) in [4.78, 5) is 12.7. The van der Waals surface area contributed by atoms with E-state index in [1.807, 2.05) is 6.92 Å². The number of aliphatic hydroxyl groups excluding tert-OH is 3. The first-order chi connectivity index (χ1) is 11.6. The molecule has 1 fully saturated rings. The summed E-state index contributed by atoms with van der Waals surface area (Å²) in [6.45, 7) is 2.37. The zero-order valence-electron chi connectivity index (χ0n) is 13.2. The molecule has 0 radical (unpaired) electrons. The fourth-order valence-electron chi connectivity index (χ4n) is 2.65. The van der Waals surface area contributed by atoms with Crippen LogP contribution in [0, 0.1) is 0 Å². The number of nitrogen functional groups attached to an aromatic ring is 1. The third-order valence-electron chi connectivity index (χ3n) is 3.87. The predicted molar refractivity (Wildman–Crippen MR) is 82.7 cm³/mol. The number of nitrogens with two attached hydrogens (primary N) is 1. The van der Waals surface area contributed by atoms with E-state index in [-0.39, 0.29) is 12.4 Å². The van der Waals surface area contributed by atoms with Gasteiger partial charge in [-0.05, 0) is 6.42 Å². The van der Waals surface area contributed by atoms with E-state index >= 15 is 0 Å². The molecular weight excluding hydrogens is 318 g/mol. The van der Waals surface area contributed by atoms with E-state index in [4.69, 9.17) is 15.2 Å². The van der Waals surface area contributed by atoms with Crippen molar-refractivity contribution < 1.29 is 24.8 Å². The number of ether oxygens (including phenoxy) is 2. The molecular formula is C14H21N5O5. The van der Waals surface area contributed by atoms with Gasteiger partial charge in [0.15, 0.2) is 23.5 Å². The van der Waals surface area contributed by atoms with Crippen molar-refractivity contribution in [1.29, 1.82) is 0 Å². The summed E-state index contributed by atoms with van der Waals surface area (Å²) in [5, 5.41) is 29.3. The number of nitrogens with zero attached hydrogens (tertiary/aromatic N) is 4. The van der Waals surface area contributed by atoms with Crippen molar-refractivity contribution in [2.24, 2.45) is 0 Å². The Morgan fingerprint density at radius 3 is 2.79 bits per heavy atom. The minimum atomic E-state index is -1.23. The molecule has 1 saturated heterocycles. The van der Waals surface area contributed by atoms with E-state index in [1.165, 1.54) is 10.9 Å². The number of aliphatic hydroxyl groups is 3. The Hall–Kier alpha value is -1.85. The third-order valence-corrected chi connectivity index (χ3v) is 3.87. The fraction of sp³-hybridized carbons (Fsp3) is 0.643. The Morgan fingerprint density at radius 1 is 1.33 bits per heavy atom. The highest BCUT2D eigenvalue weighted by molar-refractivity contribution is 5.81. The number of hydrogen-bond donors (Lipinski definition) is 4. The fourth-order valence-corrected chi connectivity index (χ4v) is 2.65. The van der Waals surface area contributed by atoms with E-state index in [1.54, 1.807) is 0 Å². The highest BCUT2D eigenvalue weighted by Crippen LogP contribution is 2.31. The Labute approximate surface area is 137 Å². The van der Waals surface area contributed by atoms with Crippen molar-refractivity contribution in [3.8, 4) is 0 Å². The second kappa shape index (κ2) is 6.95. The van der Waals surface area contributed by atoms with Gasteiger partial charge < -0.3 is 30.5 Å². The molecule has 3 rings (SSSR count). The van der Waals surface area contributed by atoms with Gasteiger partial charge in [0, 0.05) is 6.61 Å². The second-order valence-electron chi connectivity index (χ2n) is 5.63. The summed E-state index contributed by atoms with van der Waals surface area (Å²) in [7, 11) is 0. The lowest BCUT2D eigenvalue weighted by Crippen LogP contribution is -2.33. The van der Waals surface area contributed by atoms with Crippen LogP contribution < -0.4 is 5.73 Å². The smallest absolute Gasteiger partial charge is 0.168 e. The lowest BCUT2D eigenvalue weighted by molar-refractivity contribution is -0.0511. The first-order valence-corrected chi connectivity index (χ1v) is 7.76. The zero-order valence-corrected chi connectivity index (χ0v) is 13.2. The van der Waals surface area contributed by atoms with Gasteiger partial charge in [0.25, 0.3) is 0 Å². The monoisotopic (exact) mass is 339 g/mol. The summed E-state index contributed by atoms with van der Waals surface area (Å²) in [5.74, 6) is 0.586. The zero-order chi connectivity index (χ0) is 17.3. The summed E-state index contributed by atoms with van der Waals surface area (Å²) in [6.07, 6.45) is -1.96. The Morgan fingerprint density at radius 2 is 2.12 bits per heavy atom. The molecule has 0 aromatic carbocycles. The maximum atomic E-state index is 10.2. The maximum Gasteiger partial charge on any atom is 0.168 e. The average Bonchev–Trinajstić information content (AvgIpc) is 3.10. The van der Waals surface area contributed by atoms with Crippen molar-refractivity contribution in [2.75, 3.05) is 18.9 Å². The minimum Gasteiger partial charge on any atom is -0.394 e. The van der Waals surface area contributed by atoms with Crippen molar-refractivity contribution in [1.82, 2.24) is 19.5 Å². The summed E-state index contributed by atoms with van der Waals surface area (Å²) in [5.41, 5.74) is 6.65. The van der Waals surface area contributed by atoms with Crippen LogP contribution in [-0.2, 0) is 16.1 Å². The highest BCUT2D eigenvalue weighted by Gasteiger charge is 2.44. The normalized spacial score (nSPS) is 27.2. The van der Waals surface area contributed by atoms with Gasteiger partial charge in [-0.2, -0.15) is 0 Å². The van der Waals surface area contributed by atoms with Crippen LogP contribution in [0.5, 0.6) is 0 Å². The average molecular weight is 339 g/mol. The van der Waals surface area contributed by atoms with Crippen LogP contribution in [0.25, 0.3) is 11.2 Å². The summed E-state index contributed by atoms with van der Waals surface area (Å²) < 4.78 is 12.4. The van der Waals surface area contributed by atoms with Gasteiger partial charge in [0.1, 0.15) is 30.4 Å². The molecule has 4 atom stereocenters. The van der Waals surface area contributed by atoms with Gasteiger partial charge in [-0.3, -0.25) is 4.57 Å². The Kier molecular flexibility index (Phi) is 4.92. The van der Waals surface area contributed by atoms with Gasteiger partial charge in [0.2, 0.25) is 0 Å². The number of rotatable bonds is 6. The van der Waals surface area contributed by atoms with E-state index in [2.05, 4.69) is 15.0 Å². The van der Waals surface area contributed by atoms with Gasteiger partial charge >= 0.3 is 0 Å². The molecule has 2 aromatic rings. The minimum absolute atomic E-state index is 0.195. The van der Waals surface area contributed by atoms with Gasteiger partial charge in [-0.1, -0.05) is 6.92 Å². The number of imidazole rings is 1. The number of fused-ring (bicyclic) bond motifs is 1. The highest BCUT2D eigenvalue weighted by atomic mass is 16.6. The van der Waals surface area contributed by atoms with Crippen LogP contribution in [0.4, 0.5) is 5.82 Å². The molecule has 1 aliphatic heterocycles. The number of anilines is 1.